The second kappa shape index (κ2) is 10.6. The van der Waals surface area contributed by atoms with Crippen molar-refractivity contribution in [3.05, 3.63) is 181 Å². The van der Waals surface area contributed by atoms with Crippen LogP contribution in [-0.2, 0) is 5.41 Å². The monoisotopic (exact) mass is 690 g/mol. The Kier molecular flexibility index (Phi) is 5.84. The third kappa shape index (κ3) is 3.80. The normalized spacial score (nSPS) is 13.5. The molecule has 3 heteroatoms. The molecule has 0 aliphatic heterocycles. The predicted octanol–water partition coefficient (Wildman–Crippen LogP) is 13.8. The van der Waals surface area contributed by atoms with Crippen LogP contribution in [0.4, 0.5) is 0 Å². The van der Waals surface area contributed by atoms with Gasteiger partial charge in [0.2, 0.25) is 0 Å². The summed E-state index contributed by atoms with van der Waals surface area (Å²) in [6.07, 6.45) is 0. The van der Waals surface area contributed by atoms with Crippen molar-refractivity contribution in [3.8, 4) is 33.6 Å². The van der Waals surface area contributed by atoms with Gasteiger partial charge < -0.3 is 13.6 Å². The lowest BCUT2D eigenvalue weighted by atomic mass is 9.80. The minimum Gasteiger partial charge on any atom is -0.454 e. The highest BCUT2D eigenvalue weighted by atomic mass is 16.3. The van der Waals surface area contributed by atoms with E-state index in [9.17, 15) is 0 Å². The van der Waals surface area contributed by atoms with Crippen LogP contribution in [0.3, 0.4) is 0 Å². The van der Waals surface area contributed by atoms with E-state index in [1.54, 1.807) is 0 Å². The molecule has 3 nitrogen and oxygen atoms in total. The van der Waals surface area contributed by atoms with E-state index in [-0.39, 0.29) is 5.41 Å². The van der Waals surface area contributed by atoms with Crippen molar-refractivity contribution in [2.45, 2.75) is 19.3 Å². The van der Waals surface area contributed by atoms with Crippen LogP contribution in [0.5, 0.6) is 0 Å². The predicted molar refractivity (Wildman–Crippen MR) is 225 cm³/mol. The number of fused-ring (bicyclic) bond motifs is 15. The van der Waals surface area contributed by atoms with Gasteiger partial charge in [-0.25, -0.2) is 0 Å². The standard InChI is InChI=1S/C51H34N2O/c1-51(2)40-22-12-9-20-36(40)45-46-39-30-32(31-25-27-42-38(29-31)35-19-10-13-23-41(35)52(42)33-15-5-3-6-16-33)26-28-43(39)53(34-17-7-4-8-18-34)49(46)50-47(48(45)51)37-21-11-14-24-44(37)54-50/h3-30H,1-2H3. The van der Waals surface area contributed by atoms with Gasteiger partial charge in [0, 0.05) is 49.1 Å². The van der Waals surface area contributed by atoms with Gasteiger partial charge in [-0.05, 0) is 94.0 Å². The quantitative estimate of drug-likeness (QED) is 0.181. The van der Waals surface area contributed by atoms with Crippen LogP contribution in [0.2, 0.25) is 0 Å². The molecule has 8 aromatic carbocycles. The molecule has 0 N–H and O–H groups in total. The number of para-hydroxylation sites is 4. The molecular formula is C51H34N2O. The lowest BCUT2D eigenvalue weighted by Crippen LogP contribution is -2.15. The minimum absolute atomic E-state index is 0.220. The number of hydrogen-bond donors (Lipinski definition) is 0. The average molecular weight is 691 g/mol. The Morgan fingerprint density at radius 1 is 0.463 bits per heavy atom. The first-order valence-electron chi connectivity index (χ1n) is 18.8. The van der Waals surface area contributed by atoms with E-state index in [0.717, 1.165) is 22.4 Å². The summed E-state index contributed by atoms with van der Waals surface area (Å²) in [6.45, 7) is 4.77. The lowest BCUT2D eigenvalue weighted by molar-refractivity contribution is 0.658. The zero-order valence-corrected chi connectivity index (χ0v) is 30.0. The van der Waals surface area contributed by atoms with Crippen molar-refractivity contribution in [2.24, 2.45) is 0 Å². The van der Waals surface area contributed by atoms with Crippen LogP contribution in [-0.4, -0.2) is 9.13 Å². The molecule has 0 amide bonds. The number of aromatic nitrogens is 2. The summed E-state index contributed by atoms with van der Waals surface area (Å²) in [7, 11) is 0. The molecule has 1 aliphatic rings. The van der Waals surface area contributed by atoms with Gasteiger partial charge in [-0.2, -0.15) is 0 Å². The lowest BCUT2D eigenvalue weighted by Gasteiger charge is -2.22. The number of furan rings is 1. The summed E-state index contributed by atoms with van der Waals surface area (Å²) in [5.74, 6) is 0. The third-order valence-electron chi connectivity index (χ3n) is 12.1. The van der Waals surface area contributed by atoms with Gasteiger partial charge in [-0.1, -0.05) is 123 Å². The second-order valence-electron chi connectivity index (χ2n) is 15.3. The van der Waals surface area contributed by atoms with Crippen molar-refractivity contribution >= 4 is 65.6 Å². The Labute approximate surface area is 311 Å². The minimum atomic E-state index is -0.220. The summed E-state index contributed by atoms with van der Waals surface area (Å²) in [4.78, 5) is 0. The molecule has 0 saturated heterocycles. The van der Waals surface area contributed by atoms with E-state index >= 15 is 0 Å². The first-order valence-corrected chi connectivity index (χ1v) is 18.8. The molecule has 0 fully saturated rings. The molecule has 11 aromatic rings. The molecular weight excluding hydrogens is 657 g/mol. The zero-order valence-electron chi connectivity index (χ0n) is 30.0. The van der Waals surface area contributed by atoms with E-state index in [1.165, 1.54) is 87.9 Å². The average Bonchev–Trinajstić information content (AvgIpc) is 3.93. The zero-order chi connectivity index (χ0) is 35.7. The molecule has 0 bridgehead atoms. The molecule has 0 unspecified atom stereocenters. The highest BCUT2D eigenvalue weighted by molar-refractivity contribution is 6.29. The van der Waals surface area contributed by atoms with Crippen molar-refractivity contribution in [1.29, 1.82) is 0 Å². The first kappa shape index (κ1) is 29.7. The maximum atomic E-state index is 6.99. The molecule has 3 aromatic heterocycles. The summed E-state index contributed by atoms with van der Waals surface area (Å²) in [6, 6.07) is 61.8. The molecule has 0 atom stereocenters. The third-order valence-corrected chi connectivity index (χ3v) is 12.1. The molecule has 254 valence electrons. The van der Waals surface area contributed by atoms with E-state index in [2.05, 4.69) is 193 Å². The summed E-state index contributed by atoms with van der Waals surface area (Å²) < 4.78 is 11.8. The maximum Gasteiger partial charge on any atom is 0.160 e. The fourth-order valence-electron chi connectivity index (χ4n) is 9.78. The van der Waals surface area contributed by atoms with Crippen LogP contribution in [0.1, 0.15) is 25.0 Å². The topological polar surface area (TPSA) is 23.0 Å². The van der Waals surface area contributed by atoms with Crippen molar-refractivity contribution in [2.75, 3.05) is 0 Å². The number of benzene rings is 8. The molecule has 54 heavy (non-hydrogen) atoms. The molecule has 3 heterocycles. The van der Waals surface area contributed by atoms with Gasteiger partial charge in [-0.3, -0.25) is 0 Å². The van der Waals surface area contributed by atoms with Crippen molar-refractivity contribution < 1.29 is 4.42 Å². The van der Waals surface area contributed by atoms with Gasteiger partial charge in [0.05, 0.1) is 22.1 Å². The van der Waals surface area contributed by atoms with Crippen LogP contribution in [0.15, 0.2) is 174 Å². The fraction of sp³-hybridized carbons (Fsp3) is 0.0588. The van der Waals surface area contributed by atoms with Crippen molar-refractivity contribution in [1.82, 2.24) is 9.13 Å². The SMILES string of the molecule is CC1(C)c2ccccc2-c2c1c1c3ccccc3oc1c1c2c2cc(-c3ccc4c(c3)c3ccccc3n4-c3ccccc3)ccc2n1-c1ccccc1. The Morgan fingerprint density at radius 3 is 1.80 bits per heavy atom. The van der Waals surface area contributed by atoms with Gasteiger partial charge in [0.25, 0.3) is 0 Å². The fourth-order valence-corrected chi connectivity index (χ4v) is 9.78. The Balaban J connectivity index is 1.22. The Hall–Kier alpha value is -6.84. The summed E-state index contributed by atoms with van der Waals surface area (Å²) in [5, 5.41) is 7.36. The van der Waals surface area contributed by atoms with Crippen LogP contribution in [0.25, 0.3) is 99.2 Å². The highest BCUT2D eigenvalue weighted by Gasteiger charge is 2.41. The van der Waals surface area contributed by atoms with Gasteiger partial charge in [-0.15, -0.1) is 0 Å². The van der Waals surface area contributed by atoms with Crippen LogP contribution < -0.4 is 0 Å². The largest absolute Gasteiger partial charge is 0.454 e. The van der Waals surface area contributed by atoms with E-state index in [4.69, 9.17) is 4.42 Å². The van der Waals surface area contributed by atoms with Gasteiger partial charge >= 0.3 is 0 Å². The molecule has 0 radical (unpaired) electrons. The number of nitrogens with zero attached hydrogens (tertiary/aromatic N) is 2. The smallest absolute Gasteiger partial charge is 0.160 e. The Bertz CT molecular complexity index is 3340. The first-order chi connectivity index (χ1) is 26.6. The van der Waals surface area contributed by atoms with E-state index in [1.807, 2.05) is 0 Å². The van der Waals surface area contributed by atoms with Gasteiger partial charge in [0.1, 0.15) is 5.58 Å². The Morgan fingerprint density at radius 2 is 1.04 bits per heavy atom. The highest BCUT2D eigenvalue weighted by Crippen LogP contribution is 2.58. The number of hydrogen-bond acceptors (Lipinski definition) is 1. The molecule has 12 rings (SSSR count). The summed E-state index contributed by atoms with van der Waals surface area (Å²) >= 11 is 0. The molecule has 0 spiro atoms. The summed E-state index contributed by atoms with van der Waals surface area (Å²) in [5.41, 5.74) is 16.4. The van der Waals surface area contributed by atoms with Crippen LogP contribution >= 0.6 is 0 Å². The number of rotatable bonds is 3. The van der Waals surface area contributed by atoms with E-state index < -0.39 is 0 Å². The van der Waals surface area contributed by atoms with Crippen molar-refractivity contribution in [3.63, 3.8) is 0 Å². The molecule has 0 saturated carbocycles. The second-order valence-corrected chi connectivity index (χ2v) is 15.3. The van der Waals surface area contributed by atoms with E-state index in [0.29, 0.717) is 0 Å². The van der Waals surface area contributed by atoms with Crippen LogP contribution in [0, 0.1) is 0 Å². The van der Waals surface area contributed by atoms with Gasteiger partial charge in [0.15, 0.2) is 5.58 Å². The maximum absolute atomic E-state index is 6.99. The molecule has 1 aliphatic carbocycles.